The first kappa shape index (κ1) is 19.0. The van der Waals surface area contributed by atoms with Gasteiger partial charge < -0.3 is 5.32 Å². The van der Waals surface area contributed by atoms with Gasteiger partial charge in [-0.3, -0.25) is 4.79 Å². The Morgan fingerprint density at radius 3 is 2.56 bits per heavy atom. The van der Waals surface area contributed by atoms with Crippen LogP contribution < -0.4 is 5.32 Å². The average molecular weight is 391 g/mol. The maximum Gasteiger partial charge on any atom is 0.271 e. The first-order valence-electron chi connectivity index (χ1n) is 8.22. The van der Waals surface area contributed by atoms with E-state index in [4.69, 9.17) is 11.6 Å². The Hall–Kier alpha value is -2.80. The molecule has 1 unspecified atom stereocenters. The summed E-state index contributed by atoms with van der Waals surface area (Å²) in [6, 6.07) is 7.59. The van der Waals surface area contributed by atoms with Crippen molar-refractivity contribution < 1.29 is 13.6 Å². The number of rotatable bonds is 4. The van der Waals surface area contributed by atoms with Crippen LogP contribution in [0.15, 0.2) is 36.4 Å². The molecular weight excluding hydrogens is 374 g/mol. The molecule has 0 aliphatic rings. The first-order chi connectivity index (χ1) is 12.8. The van der Waals surface area contributed by atoms with E-state index >= 15 is 0 Å². The van der Waals surface area contributed by atoms with Gasteiger partial charge in [0.25, 0.3) is 5.91 Å². The van der Waals surface area contributed by atoms with Crippen molar-refractivity contribution in [2.75, 3.05) is 0 Å². The first-order valence-corrected chi connectivity index (χ1v) is 8.60. The van der Waals surface area contributed by atoms with Crippen LogP contribution in [0.2, 0.25) is 5.02 Å². The molecule has 1 atom stereocenters. The smallest absolute Gasteiger partial charge is 0.271 e. The number of benzene rings is 1. The Bertz CT molecular complexity index is 1020. The van der Waals surface area contributed by atoms with Gasteiger partial charge in [0.15, 0.2) is 5.82 Å². The van der Waals surface area contributed by atoms with E-state index < -0.39 is 23.6 Å². The molecule has 0 fully saturated rings. The van der Waals surface area contributed by atoms with Gasteiger partial charge in [-0.05, 0) is 45.0 Å². The van der Waals surface area contributed by atoms with E-state index in [-0.39, 0.29) is 16.3 Å². The van der Waals surface area contributed by atoms with Crippen molar-refractivity contribution in [3.63, 3.8) is 0 Å². The lowest BCUT2D eigenvalue weighted by atomic mass is 10.1. The summed E-state index contributed by atoms with van der Waals surface area (Å²) in [5.74, 6) is -1.55. The maximum atomic E-state index is 13.9. The zero-order valence-electron chi connectivity index (χ0n) is 14.9. The number of amides is 1. The van der Waals surface area contributed by atoms with Crippen LogP contribution in [0.3, 0.4) is 0 Å². The summed E-state index contributed by atoms with van der Waals surface area (Å²) >= 11 is 6.13. The number of carbonyl (C=O) groups excluding carboxylic acids is 1. The Morgan fingerprint density at radius 2 is 1.93 bits per heavy atom. The number of nitrogens with zero attached hydrogens (tertiary/aromatic N) is 3. The number of nitrogens with one attached hydrogen (secondary N) is 1. The topological polar surface area (TPSA) is 59.8 Å². The molecule has 1 N–H and O–H groups in total. The fourth-order valence-electron chi connectivity index (χ4n) is 2.77. The molecule has 140 valence electrons. The molecule has 1 aromatic carbocycles. The van der Waals surface area contributed by atoms with Crippen LogP contribution >= 0.6 is 11.6 Å². The van der Waals surface area contributed by atoms with Gasteiger partial charge in [0.1, 0.15) is 17.3 Å². The minimum atomic E-state index is -0.738. The number of aromatic nitrogens is 3. The highest BCUT2D eigenvalue weighted by Crippen LogP contribution is 2.21. The standard InChI is InChI=1S/C19H17ClF2N4O/c1-10-8-11(2)26(25-10)17-7-6-15(20)18(24-17)19(27)23-12(3)14-5-4-13(21)9-16(14)22/h4-9,12H,1-3H3,(H,23,27). The summed E-state index contributed by atoms with van der Waals surface area (Å²) < 4.78 is 28.6. The van der Waals surface area contributed by atoms with Crippen LogP contribution in [0.4, 0.5) is 8.78 Å². The molecule has 0 spiro atoms. The molecule has 5 nitrogen and oxygen atoms in total. The molecule has 3 rings (SSSR count). The van der Waals surface area contributed by atoms with Gasteiger partial charge in [-0.15, -0.1) is 0 Å². The second kappa shape index (κ2) is 7.44. The SMILES string of the molecule is Cc1cc(C)n(-c2ccc(Cl)c(C(=O)NC(C)c3ccc(F)cc3F)n2)n1. The van der Waals surface area contributed by atoms with Crippen LogP contribution in [0.25, 0.3) is 5.82 Å². The zero-order valence-corrected chi connectivity index (χ0v) is 15.7. The van der Waals surface area contributed by atoms with E-state index in [9.17, 15) is 13.6 Å². The Kier molecular flexibility index (Phi) is 5.23. The molecule has 0 saturated carbocycles. The summed E-state index contributed by atoms with van der Waals surface area (Å²) in [6.07, 6.45) is 0. The normalized spacial score (nSPS) is 12.1. The molecule has 0 aliphatic heterocycles. The quantitative estimate of drug-likeness (QED) is 0.722. The van der Waals surface area contributed by atoms with Gasteiger partial charge in [0, 0.05) is 17.3 Å². The van der Waals surface area contributed by atoms with Crippen LogP contribution in [-0.4, -0.2) is 20.7 Å². The number of aryl methyl sites for hydroxylation is 2. The van der Waals surface area contributed by atoms with E-state index in [0.29, 0.717) is 5.82 Å². The summed E-state index contributed by atoms with van der Waals surface area (Å²) in [7, 11) is 0. The summed E-state index contributed by atoms with van der Waals surface area (Å²) in [4.78, 5) is 16.9. The third-order valence-corrected chi connectivity index (χ3v) is 4.35. The van der Waals surface area contributed by atoms with Gasteiger partial charge >= 0.3 is 0 Å². The van der Waals surface area contributed by atoms with Crippen molar-refractivity contribution in [1.29, 1.82) is 0 Å². The maximum absolute atomic E-state index is 13.9. The summed E-state index contributed by atoms with van der Waals surface area (Å²) in [6.45, 7) is 5.31. The summed E-state index contributed by atoms with van der Waals surface area (Å²) in [5, 5.41) is 7.12. The third kappa shape index (κ3) is 3.98. The van der Waals surface area contributed by atoms with Gasteiger partial charge in [-0.2, -0.15) is 5.10 Å². The zero-order chi connectivity index (χ0) is 19.7. The number of hydrogen-bond donors (Lipinski definition) is 1. The Labute approximate surface area is 160 Å². The molecule has 2 aromatic heterocycles. The largest absolute Gasteiger partial charge is 0.344 e. The van der Waals surface area contributed by atoms with Crippen LogP contribution in [-0.2, 0) is 0 Å². The average Bonchev–Trinajstić information content (AvgIpc) is 2.93. The molecule has 27 heavy (non-hydrogen) atoms. The van der Waals surface area contributed by atoms with E-state index in [1.54, 1.807) is 23.7 Å². The minimum absolute atomic E-state index is 0.00362. The number of hydrogen-bond acceptors (Lipinski definition) is 3. The van der Waals surface area contributed by atoms with E-state index in [1.165, 1.54) is 6.07 Å². The molecule has 3 aromatic rings. The van der Waals surface area contributed by atoms with Gasteiger partial charge in [-0.25, -0.2) is 18.4 Å². The van der Waals surface area contributed by atoms with Crippen molar-refractivity contribution in [2.45, 2.75) is 26.8 Å². The van der Waals surface area contributed by atoms with Crippen molar-refractivity contribution >= 4 is 17.5 Å². The monoisotopic (exact) mass is 390 g/mol. The highest BCUT2D eigenvalue weighted by Gasteiger charge is 2.19. The van der Waals surface area contributed by atoms with Crippen LogP contribution in [0.1, 0.15) is 40.4 Å². The van der Waals surface area contributed by atoms with Crippen molar-refractivity contribution in [3.8, 4) is 5.82 Å². The Morgan fingerprint density at radius 1 is 1.19 bits per heavy atom. The van der Waals surface area contributed by atoms with Gasteiger partial charge in [-0.1, -0.05) is 17.7 Å². The van der Waals surface area contributed by atoms with Crippen molar-refractivity contribution in [2.24, 2.45) is 0 Å². The fourth-order valence-corrected chi connectivity index (χ4v) is 2.96. The van der Waals surface area contributed by atoms with Crippen molar-refractivity contribution in [1.82, 2.24) is 20.1 Å². The van der Waals surface area contributed by atoms with E-state index in [1.807, 2.05) is 19.9 Å². The molecule has 8 heteroatoms. The number of pyridine rings is 1. The predicted molar refractivity (Wildman–Crippen MR) is 98.1 cm³/mol. The van der Waals surface area contributed by atoms with E-state index in [2.05, 4.69) is 15.4 Å². The summed E-state index contributed by atoms with van der Waals surface area (Å²) in [5.41, 5.74) is 1.83. The minimum Gasteiger partial charge on any atom is -0.344 e. The lowest BCUT2D eigenvalue weighted by Crippen LogP contribution is -2.28. The fraction of sp³-hybridized carbons (Fsp3) is 0.211. The Balaban J connectivity index is 1.88. The lowest BCUT2D eigenvalue weighted by molar-refractivity contribution is 0.0934. The molecule has 0 bridgehead atoms. The molecule has 1 amide bonds. The van der Waals surface area contributed by atoms with Crippen LogP contribution in [0.5, 0.6) is 0 Å². The van der Waals surface area contributed by atoms with E-state index in [0.717, 1.165) is 23.5 Å². The highest BCUT2D eigenvalue weighted by atomic mass is 35.5. The number of halogens is 3. The van der Waals surface area contributed by atoms with Gasteiger partial charge in [0.05, 0.1) is 16.8 Å². The second-order valence-electron chi connectivity index (χ2n) is 6.20. The van der Waals surface area contributed by atoms with Crippen LogP contribution in [0, 0.1) is 25.5 Å². The molecule has 0 radical (unpaired) electrons. The molecular formula is C19H17ClF2N4O. The third-order valence-electron chi connectivity index (χ3n) is 4.05. The lowest BCUT2D eigenvalue weighted by Gasteiger charge is -2.16. The second-order valence-corrected chi connectivity index (χ2v) is 6.61. The molecule has 2 heterocycles. The highest BCUT2D eigenvalue weighted by molar-refractivity contribution is 6.33. The molecule has 0 saturated heterocycles. The molecule has 0 aliphatic carbocycles. The van der Waals surface area contributed by atoms with Crippen molar-refractivity contribution in [3.05, 3.63) is 75.7 Å². The number of carbonyl (C=O) groups is 1. The van der Waals surface area contributed by atoms with Gasteiger partial charge in [0.2, 0.25) is 0 Å². The predicted octanol–water partition coefficient (Wildman–Crippen LogP) is 4.31.